The van der Waals surface area contributed by atoms with E-state index in [4.69, 9.17) is 9.15 Å². The second-order valence-electron chi connectivity index (χ2n) is 2.92. The van der Waals surface area contributed by atoms with E-state index < -0.39 is 17.1 Å². The van der Waals surface area contributed by atoms with E-state index in [2.05, 4.69) is 0 Å². The molecule has 15 heavy (non-hydrogen) atoms. The Kier molecular flexibility index (Phi) is 2.00. The average Bonchev–Trinajstić information content (AvgIpc) is 2.25. The van der Waals surface area contributed by atoms with Crippen molar-refractivity contribution in [2.24, 2.45) is 0 Å². The van der Waals surface area contributed by atoms with E-state index in [1.54, 1.807) is 12.1 Å². The van der Waals surface area contributed by atoms with Crippen LogP contribution in [0.15, 0.2) is 27.4 Å². The molecule has 0 aliphatic carbocycles. The molecular formula is C10H8O5. The number of rotatable bonds is 1. The van der Waals surface area contributed by atoms with Crippen LogP contribution in [0, 0.1) is 0 Å². The highest BCUT2D eigenvalue weighted by Gasteiger charge is 2.15. The Balaban J connectivity index is 2.99. The summed E-state index contributed by atoms with van der Waals surface area (Å²) in [5, 5.41) is 19.0. The molecule has 0 atom stereocenters. The minimum atomic E-state index is -0.978. The first-order chi connectivity index (χ1) is 7.15. The van der Waals surface area contributed by atoms with E-state index in [0.717, 1.165) is 0 Å². The first-order valence-corrected chi connectivity index (χ1v) is 4.17. The number of benzene rings is 1. The quantitative estimate of drug-likeness (QED) is 0.688. The van der Waals surface area contributed by atoms with Crippen LogP contribution in [0.2, 0.25) is 0 Å². The van der Waals surface area contributed by atoms with Crippen LogP contribution in [0.3, 0.4) is 0 Å². The lowest BCUT2D eigenvalue weighted by atomic mass is 10.2. The number of hydrogen-bond acceptors (Lipinski definition) is 5. The highest BCUT2D eigenvalue weighted by molar-refractivity contribution is 5.90. The van der Waals surface area contributed by atoms with Gasteiger partial charge in [0.25, 0.3) is 0 Å². The van der Waals surface area contributed by atoms with Crippen LogP contribution >= 0.6 is 0 Å². The lowest BCUT2D eigenvalue weighted by Gasteiger charge is -2.06. The molecule has 2 aromatic rings. The Hall–Kier alpha value is -2.17. The molecule has 2 rings (SSSR count). The number of aromatic hydroxyl groups is 2. The molecule has 0 saturated heterocycles. The van der Waals surface area contributed by atoms with E-state index in [0.29, 0.717) is 5.75 Å². The minimum Gasteiger partial charge on any atom is -0.503 e. The summed E-state index contributed by atoms with van der Waals surface area (Å²) in [6.07, 6.45) is 0. The summed E-state index contributed by atoms with van der Waals surface area (Å²) in [5.41, 5.74) is -0.817. The standard InChI is InChI=1S/C10H8O5/c1-14-5-3-2-4-6-7(5)8(11)9(12)10(13)15-6/h2-4,11-12H,1H3. The van der Waals surface area contributed by atoms with E-state index in [1.807, 2.05) is 0 Å². The topological polar surface area (TPSA) is 79.9 Å². The van der Waals surface area contributed by atoms with Gasteiger partial charge >= 0.3 is 5.63 Å². The van der Waals surface area contributed by atoms with Crippen LogP contribution < -0.4 is 10.4 Å². The van der Waals surface area contributed by atoms with Crippen molar-refractivity contribution in [3.05, 3.63) is 28.6 Å². The Morgan fingerprint density at radius 2 is 2.00 bits per heavy atom. The molecular weight excluding hydrogens is 200 g/mol. The second kappa shape index (κ2) is 3.20. The van der Waals surface area contributed by atoms with Gasteiger partial charge in [0.2, 0.25) is 5.75 Å². The summed E-state index contributed by atoms with van der Waals surface area (Å²) in [4.78, 5) is 11.0. The van der Waals surface area contributed by atoms with Crippen molar-refractivity contribution in [1.82, 2.24) is 0 Å². The third kappa shape index (κ3) is 1.28. The van der Waals surface area contributed by atoms with Gasteiger partial charge in [0, 0.05) is 0 Å². The molecule has 0 radical (unpaired) electrons. The van der Waals surface area contributed by atoms with Crippen molar-refractivity contribution in [2.45, 2.75) is 0 Å². The second-order valence-corrected chi connectivity index (χ2v) is 2.92. The lowest BCUT2D eigenvalue weighted by molar-refractivity contribution is 0.373. The Bertz CT molecular complexity index is 570. The van der Waals surface area contributed by atoms with Crippen LogP contribution in [0.25, 0.3) is 11.0 Å². The zero-order chi connectivity index (χ0) is 11.0. The molecule has 1 heterocycles. The number of methoxy groups -OCH3 is 1. The van der Waals surface area contributed by atoms with E-state index in [-0.39, 0.29) is 11.0 Å². The Morgan fingerprint density at radius 3 is 2.67 bits per heavy atom. The maximum atomic E-state index is 11.0. The van der Waals surface area contributed by atoms with Crippen molar-refractivity contribution in [2.75, 3.05) is 7.11 Å². The van der Waals surface area contributed by atoms with Gasteiger partial charge in [0.05, 0.1) is 7.11 Å². The van der Waals surface area contributed by atoms with Gasteiger partial charge in [-0.05, 0) is 12.1 Å². The molecule has 0 saturated carbocycles. The van der Waals surface area contributed by atoms with Gasteiger partial charge in [0.1, 0.15) is 16.7 Å². The highest BCUT2D eigenvalue weighted by Crippen LogP contribution is 2.36. The molecule has 0 fully saturated rings. The van der Waals surface area contributed by atoms with Crippen molar-refractivity contribution < 1.29 is 19.4 Å². The molecule has 0 amide bonds. The van der Waals surface area contributed by atoms with Crippen molar-refractivity contribution in [3.63, 3.8) is 0 Å². The zero-order valence-corrected chi connectivity index (χ0v) is 7.85. The molecule has 1 aromatic heterocycles. The van der Waals surface area contributed by atoms with E-state index >= 15 is 0 Å². The van der Waals surface area contributed by atoms with Crippen LogP contribution in [0.1, 0.15) is 0 Å². The first-order valence-electron chi connectivity index (χ1n) is 4.17. The fourth-order valence-corrected chi connectivity index (χ4v) is 1.36. The molecule has 1 aromatic carbocycles. The first kappa shape index (κ1) is 9.39. The van der Waals surface area contributed by atoms with Gasteiger partial charge in [-0.2, -0.15) is 0 Å². The molecule has 5 heteroatoms. The van der Waals surface area contributed by atoms with Crippen LogP contribution in [0.5, 0.6) is 17.2 Å². The fraction of sp³-hybridized carbons (Fsp3) is 0.100. The number of hydrogen-bond donors (Lipinski definition) is 2. The maximum absolute atomic E-state index is 11.0. The van der Waals surface area contributed by atoms with E-state index in [9.17, 15) is 15.0 Å². The maximum Gasteiger partial charge on any atom is 0.382 e. The van der Waals surface area contributed by atoms with Crippen LogP contribution in [0.4, 0.5) is 0 Å². The van der Waals surface area contributed by atoms with Gasteiger partial charge in [-0.1, -0.05) is 6.07 Å². The number of fused-ring (bicyclic) bond motifs is 1. The van der Waals surface area contributed by atoms with Crippen LogP contribution in [-0.2, 0) is 0 Å². The molecule has 0 unspecified atom stereocenters. The summed E-state index contributed by atoms with van der Waals surface area (Å²) < 4.78 is 9.74. The summed E-state index contributed by atoms with van der Waals surface area (Å²) in [7, 11) is 1.41. The lowest BCUT2D eigenvalue weighted by Crippen LogP contribution is -1.98. The molecule has 0 bridgehead atoms. The van der Waals surface area contributed by atoms with Gasteiger partial charge < -0.3 is 19.4 Å². The highest BCUT2D eigenvalue weighted by atomic mass is 16.5. The third-order valence-corrected chi connectivity index (χ3v) is 2.07. The van der Waals surface area contributed by atoms with Crippen molar-refractivity contribution >= 4 is 11.0 Å². The summed E-state index contributed by atoms with van der Waals surface area (Å²) in [6.45, 7) is 0. The van der Waals surface area contributed by atoms with Gasteiger partial charge in [-0.3, -0.25) is 0 Å². The largest absolute Gasteiger partial charge is 0.503 e. The van der Waals surface area contributed by atoms with Crippen molar-refractivity contribution in [1.29, 1.82) is 0 Å². The molecule has 2 N–H and O–H groups in total. The smallest absolute Gasteiger partial charge is 0.382 e. The minimum absolute atomic E-state index is 0.162. The molecule has 5 nitrogen and oxygen atoms in total. The zero-order valence-electron chi connectivity index (χ0n) is 7.85. The average molecular weight is 208 g/mol. The molecule has 0 spiro atoms. The SMILES string of the molecule is COc1cccc2oc(=O)c(O)c(O)c12. The molecule has 78 valence electrons. The number of ether oxygens (including phenoxy) is 1. The summed E-state index contributed by atoms with van der Waals surface area (Å²) in [6, 6.07) is 4.69. The fourth-order valence-electron chi connectivity index (χ4n) is 1.36. The third-order valence-electron chi connectivity index (χ3n) is 2.07. The van der Waals surface area contributed by atoms with E-state index in [1.165, 1.54) is 13.2 Å². The monoisotopic (exact) mass is 208 g/mol. The summed E-state index contributed by atoms with van der Waals surface area (Å²) >= 11 is 0. The van der Waals surface area contributed by atoms with Gasteiger partial charge in [0.15, 0.2) is 5.75 Å². The van der Waals surface area contributed by atoms with Gasteiger partial charge in [-0.15, -0.1) is 0 Å². The Labute approximate surface area is 84.1 Å². The Morgan fingerprint density at radius 1 is 1.27 bits per heavy atom. The summed E-state index contributed by atoms with van der Waals surface area (Å²) in [5.74, 6) is -1.02. The predicted molar refractivity (Wildman–Crippen MR) is 52.4 cm³/mol. The molecule has 0 aliphatic rings. The van der Waals surface area contributed by atoms with Gasteiger partial charge in [-0.25, -0.2) is 4.79 Å². The van der Waals surface area contributed by atoms with Crippen LogP contribution in [-0.4, -0.2) is 17.3 Å². The van der Waals surface area contributed by atoms with Crippen molar-refractivity contribution in [3.8, 4) is 17.2 Å². The molecule has 0 aliphatic heterocycles. The predicted octanol–water partition coefficient (Wildman–Crippen LogP) is 1.21. The normalized spacial score (nSPS) is 10.5.